The first-order chi connectivity index (χ1) is 28.5. The summed E-state index contributed by atoms with van der Waals surface area (Å²) in [6.07, 6.45) is 10.9. The largest absolute Gasteiger partial charge is 0.456 e. The number of rotatable bonds is 6. The fraction of sp³-hybridized carbons (Fsp3) is 0.109. The van der Waals surface area contributed by atoms with Crippen LogP contribution in [0.5, 0.6) is 0 Å². The molecule has 2 unspecified atom stereocenters. The Morgan fingerprint density at radius 1 is 0.534 bits per heavy atom. The van der Waals surface area contributed by atoms with Gasteiger partial charge in [-0.05, 0) is 136 Å². The Kier molecular flexibility index (Phi) is 8.22. The summed E-state index contributed by atoms with van der Waals surface area (Å²) in [7, 11) is 0. The van der Waals surface area contributed by atoms with Crippen molar-refractivity contribution in [3.63, 3.8) is 0 Å². The third-order valence-electron chi connectivity index (χ3n) is 12.1. The van der Waals surface area contributed by atoms with Crippen LogP contribution in [0.4, 0.5) is 0 Å². The smallest absolute Gasteiger partial charge is 0.138 e. The highest BCUT2D eigenvalue weighted by Gasteiger charge is 2.27. The van der Waals surface area contributed by atoms with Crippen molar-refractivity contribution in [3.05, 3.63) is 204 Å². The average molecular weight is 747 g/mol. The predicted octanol–water partition coefficient (Wildman–Crippen LogP) is 14.3. The summed E-state index contributed by atoms with van der Waals surface area (Å²) in [5.74, 6) is 1.84. The Morgan fingerprint density at radius 3 is 1.97 bits per heavy atom. The summed E-state index contributed by atoms with van der Waals surface area (Å²) < 4.78 is 9.26. The molecular weight excluding hydrogens is 705 g/mol. The summed E-state index contributed by atoms with van der Waals surface area (Å²) >= 11 is 0. The lowest BCUT2D eigenvalue weighted by molar-refractivity contribution is 0.579. The highest BCUT2D eigenvalue weighted by atomic mass is 16.3. The van der Waals surface area contributed by atoms with Gasteiger partial charge in [-0.15, -0.1) is 0 Å². The van der Waals surface area contributed by atoms with Crippen LogP contribution in [0.1, 0.15) is 42.0 Å². The van der Waals surface area contributed by atoms with E-state index in [9.17, 15) is 0 Å². The molecule has 0 radical (unpaired) electrons. The van der Waals surface area contributed by atoms with Gasteiger partial charge in [0.15, 0.2) is 0 Å². The Hall–Kier alpha value is -6.97. The highest BCUT2D eigenvalue weighted by Crippen LogP contribution is 2.43. The molecule has 6 aromatic carbocycles. The van der Waals surface area contributed by atoms with Crippen LogP contribution in [0.3, 0.4) is 0 Å². The van der Waals surface area contributed by atoms with Gasteiger partial charge in [0.2, 0.25) is 0 Å². The molecule has 0 fully saturated rings. The van der Waals surface area contributed by atoms with E-state index in [2.05, 4.69) is 193 Å². The van der Waals surface area contributed by atoms with Gasteiger partial charge in [0.25, 0.3) is 0 Å². The molecule has 0 saturated carbocycles. The number of pyridine rings is 1. The van der Waals surface area contributed by atoms with Crippen molar-refractivity contribution in [2.45, 2.75) is 26.7 Å². The van der Waals surface area contributed by atoms with Crippen molar-refractivity contribution in [2.24, 2.45) is 11.8 Å². The van der Waals surface area contributed by atoms with E-state index >= 15 is 0 Å². The maximum absolute atomic E-state index is 6.81. The molecule has 0 aliphatic heterocycles. The van der Waals surface area contributed by atoms with E-state index in [0.717, 1.165) is 41.1 Å². The van der Waals surface area contributed by atoms with Crippen LogP contribution < -0.4 is 0 Å². The normalized spacial score (nSPS) is 16.0. The molecule has 0 N–H and O–H groups in total. The van der Waals surface area contributed by atoms with E-state index in [4.69, 9.17) is 4.42 Å². The molecule has 2 aliphatic rings. The summed E-state index contributed by atoms with van der Waals surface area (Å²) in [4.78, 5) is 4.66. The van der Waals surface area contributed by atoms with Crippen LogP contribution >= 0.6 is 0 Å². The lowest BCUT2D eigenvalue weighted by Gasteiger charge is -2.19. The zero-order valence-electron chi connectivity index (χ0n) is 32.7. The fourth-order valence-corrected chi connectivity index (χ4v) is 9.30. The Labute approximate surface area is 339 Å². The zero-order chi connectivity index (χ0) is 38.7. The Bertz CT molecular complexity index is 3090. The van der Waals surface area contributed by atoms with Crippen molar-refractivity contribution < 1.29 is 4.42 Å². The second-order valence-corrected chi connectivity index (χ2v) is 16.1. The number of aromatic nitrogens is 2. The first kappa shape index (κ1) is 34.3. The van der Waals surface area contributed by atoms with Gasteiger partial charge in [-0.1, -0.05) is 123 Å². The van der Waals surface area contributed by atoms with Crippen molar-refractivity contribution >= 4 is 33.5 Å². The maximum atomic E-state index is 6.81. The molecule has 278 valence electrons. The molecule has 0 saturated heterocycles. The number of allylic oxidation sites excluding steroid dienone is 2. The molecule has 3 nitrogen and oxygen atoms in total. The second-order valence-electron chi connectivity index (χ2n) is 16.1. The minimum Gasteiger partial charge on any atom is -0.456 e. The Morgan fingerprint density at radius 2 is 1.19 bits per heavy atom. The first-order valence-electron chi connectivity index (χ1n) is 20.5. The molecule has 3 heterocycles. The second kappa shape index (κ2) is 13.9. The number of furan rings is 1. The Balaban J connectivity index is 0.966. The van der Waals surface area contributed by atoms with Gasteiger partial charge in [0.05, 0.1) is 11.2 Å². The topological polar surface area (TPSA) is 31.0 Å². The standard InChI is InChI=1S/C55H42N2O/c1-35-20-23-52-47(27-35)48-34-44(51-19-6-7-26-56-51)21-24-53(48)57(52)45-18-10-17-43(32-45)46-28-36(2)29-50-49-33-42(22-25-54(49)58-55(46)50)41-16-9-15-40(31-41)39-14-8-13-38(30-39)37-11-4-3-5-12-37/h3-26,28,30-36H,27,29H2,1-2H3. The monoisotopic (exact) mass is 746 g/mol. The van der Waals surface area contributed by atoms with Gasteiger partial charge in [-0.2, -0.15) is 0 Å². The molecule has 9 aromatic rings. The van der Waals surface area contributed by atoms with Gasteiger partial charge in [-0.3, -0.25) is 4.98 Å². The fourth-order valence-electron chi connectivity index (χ4n) is 9.30. The molecule has 0 amide bonds. The summed E-state index contributed by atoms with van der Waals surface area (Å²) in [5, 5.41) is 2.50. The van der Waals surface area contributed by atoms with E-state index in [-0.39, 0.29) is 0 Å². The maximum Gasteiger partial charge on any atom is 0.138 e. The molecule has 0 bridgehead atoms. The number of nitrogens with zero attached hydrogens (tertiary/aromatic N) is 2. The predicted molar refractivity (Wildman–Crippen MR) is 241 cm³/mol. The van der Waals surface area contributed by atoms with Crippen LogP contribution in [-0.4, -0.2) is 9.55 Å². The minimum atomic E-state index is 0.366. The molecule has 2 atom stereocenters. The van der Waals surface area contributed by atoms with Crippen molar-refractivity contribution in [1.82, 2.24) is 9.55 Å². The SMILES string of the molecule is CC1C=C(c2cccc(-n3c4c(c5cc(-c6ccccn6)ccc53)CC(C)C=C4)c2)c2oc3ccc(-c4cccc(-c5cccc(-c6ccccc6)c5)c4)cc3c2C1. The molecular formula is C55H42N2O. The minimum absolute atomic E-state index is 0.366. The van der Waals surface area contributed by atoms with Crippen LogP contribution in [0.25, 0.3) is 83.8 Å². The molecule has 11 rings (SSSR count). The quantitative estimate of drug-likeness (QED) is 0.170. The van der Waals surface area contributed by atoms with Crippen molar-refractivity contribution in [2.75, 3.05) is 0 Å². The number of fused-ring (bicyclic) bond motifs is 6. The molecule has 0 spiro atoms. The van der Waals surface area contributed by atoms with E-state index in [1.807, 2.05) is 12.3 Å². The van der Waals surface area contributed by atoms with Gasteiger partial charge < -0.3 is 8.98 Å². The zero-order valence-corrected chi connectivity index (χ0v) is 32.7. The van der Waals surface area contributed by atoms with E-state index < -0.39 is 0 Å². The average Bonchev–Trinajstić information content (AvgIpc) is 3.81. The van der Waals surface area contributed by atoms with Gasteiger partial charge in [-0.25, -0.2) is 0 Å². The van der Waals surface area contributed by atoms with Gasteiger partial charge in [0.1, 0.15) is 11.3 Å². The molecule has 3 aromatic heterocycles. The van der Waals surface area contributed by atoms with Crippen molar-refractivity contribution in [3.8, 4) is 50.3 Å². The molecule has 58 heavy (non-hydrogen) atoms. The molecule has 2 aliphatic carbocycles. The van der Waals surface area contributed by atoms with Crippen LogP contribution in [0.2, 0.25) is 0 Å². The van der Waals surface area contributed by atoms with Crippen LogP contribution in [0, 0.1) is 11.8 Å². The van der Waals surface area contributed by atoms with Crippen molar-refractivity contribution in [1.29, 1.82) is 0 Å². The van der Waals surface area contributed by atoms with Gasteiger partial charge >= 0.3 is 0 Å². The van der Waals surface area contributed by atoms with E-state index in [1.165, 1.54) is 77.6 Å². The summed E-state index contributed by atoms with van der Waals surface area (Å²) in [6, 6.07) is 57.0. The number of hydrogen-bond donors (Lipinski definition) is 0. The number of benzene rings is 6. The lowest BCUT2D eigenvalue weighted by Crippen LogP contribution is -2.07. The third kappa shape index (κ3) is 5.94. The lowest BCUT2D eigenvalue weighted by atomic mass is 9.85. The van der Waals surface area contributed by atoms with E-state index in [1.54, 1.807) is 0 Å². The third-order valence-corrected chi connectivity index (χ3v) is 12.1. The molecule has 3 heteroatoms. The van der Waals surface area contributed by atoms with Crippen LogP contribution in [0.15, 0.2) is 180 Å². The summed E-state index contributed by atoms with van der Waals surface area (Å²) in [6.45, 7) is 4.63. The van der Waals surface area contributed by atoms with Crippen LogP contribution in [-0.2, 0) is 12.8 Å². The van der Waals surface area contributed by atoms with Gasteiger partial charge in [0, 0.05) is 45.1 Å². The number of hydrogen-bond acceptors (Lipinski definition) is 2. The summed E-state index contributed by atoms with van der Waals surface area (Å²) in [5.41, 5.74) is 19.0. The highest BCUT2D eigenvalue weighted by molar-refractivity contribution is 5.96. The first-order valence-corrected chi connectivity index (χ1v) is 20.5. The van der Waals surface area contributed by atoms with E-state index in [0.29, 0.717) is 11.8 Å².